The van der Waals surface area contributed by atoms with E-state index in [0.29, 0.717) is 40.8 Å². The van der Waals surface area contributed by atoms with Crippen molar-refractivity contribution in [3.05, 3.63) is 93.8 Å². The molecule has 3 aromatic carbocycles. The highest BCUT2D eigenvalue weighted by Crippen LogP contribution is 2.35. The molecule has 0 fully saturated rings. The summed E-state index contributed by atoms with van der Waals surface area (Å²) in [6.45, 7) is 6.05. The van der Waals surface area contributed by atoms with Crippen molar-refractivity contribution in [1.82, 2.24) is 19.3 Å². The number of benzene rings is 3. The fourth-order valence-corrected chi connectivity index (χ4v) is 7.47. The van der Waals surface area contributed by atoms with Crippen LogP contribution in [-0.4, -0.2) is 40.0 Å². The highest BCUT2D eigenvalue weighted by atomic mass is 35.5. The van der Waals surface area contributed by atoms with Gasteiger partial charge in [0.15, 0.2) is 0 Å². The molecular weight excluding hydrogens is 609 g/mol. The number of sulfonamides is 1. The minimum Gasteiger partial charge on any atom is -0.487 e. The summed E-state index contributed by atoms with van der Waals surface area (Å²) >= 11 is 7.96. The predicted molar refractivity (Wildman–Crippen MR) is 171 cm³/mol. The molecule has 12 heteroatoms. The number of thiazole rings is 1. The molecule has 0 radical (unpaired) electrons. The van der Waals surface area contributed by atoms with Crippen molar-refractivity contribution in [3.63, 3.8) is 0 Å². The summed E-state index contributed by atoms with van der Waals surface area (Å²) in [5.41, 5.74) is 3.77. The van der Waals surface area contributed by atoms with Gasteiger partial charge in [-0.2, -0.15) is 4.31 Å². The van der Waals surface area contributed by atoms with Crippen LogP contribution in [0.3, 0.4) is 0 Å². The summed E-state index contributed by atoms with van der Waals surface area (Å²) < 4.78 is 46.2. The Bertz CT molecular complexity index is 1850. The van der Waals surface area contributed by atoms with Gasteiger partial charge in [-0.25, -0.2) is 27.8 Å². The van der Waals surface area contributed by atoms with Crippen LogP contribution in [0.2, 0.25) is 5.02 Å². The molecule has 0 aliphatic carbocycles. The first-order valence-electron chi connectivity index (χ1n) is 13.9. The van der Waals surface area contributed by atoms with Gasteiger partial charge in [-0.3, -0.25) is 0 Å². The Morgan fingerprint density at radius 2 is 1.91 bits per heavy atom. The molecule has 224 valence electrons. The van der Waals surface area contributed by atoms with E-state index >= 15 is 0 Å². The lowest BCUT2D eigenvalue weighted by Crippen LogP contribution is -2.35. The number of nitrogens with one attached hydrogen (secondary N) is 1. The summed E-state index contributed by atoms with van der Waals surface area (Å²) in [5, 5.41) is 7.21. The Morgan fingerprint density at radius 3 is 2.63 bits per heavy atom. The van der Waals surface area contributed by atoms with Gasteiger partial charge < -0.3 is 10.1 Å². The van der Waals surface area contributed by atoms with Crippen LogP contribution in [0.25, 0.3) is 22.2 Å². The Hall–Kier alpha value is -3.64. The van der Waals surface area contributed by atoms with Crippen molar-refractivity contribution in [1.29, 1.82) is 0 Å². The lowest BCUT2D eigenvalue weighted by Gasteiger charge is -2.27. The van der Waals surface area contributed by atoms with Gasteiger partial charge >= 0.3 is 0 Å². The van der Waals surface area contributed by atoms with Crippen molar-refractivity contribution < 1.29 is 17.5 Å². The molecule has 0 saturated heterocycles. The van der Waals surface area contributed by atoms with Crippen molar-refractivity contribution >= 4 is 55.4 Å². The van der Waals surface area contributed by atoms with E-state index in [-0.39, 0.29) is 24.2 Å². The third-order valence-corrected chi connectivity index (χ3v) is 10.2. The molecule has 0 amide bonds. The molecule has 0 aliphatic heterocycles. The molecule has 0 spiro atoms. The molecule has 0 bridgehead atoms. The minimum absolute atomic E-state index is 0.0475. The number of rotatable bonds is 12. The minimum atomic E-state index is -3.37. The Balaban J connectivity index is 1.38. The number of hydrogen-bond donors (Lipinski definition) is 1. The molecule has 5 aromatic rings. The molecular formula is C31H31ClFN5O3S2. The van der Waals surface area contributed by atoms with Crippen LogP contribution in [0.1, 0.15) is 43.8 Å². The average Bonchev–Trinajstić information content (AvgIpc) is 3.49. The number of anilines is 2. The van der Waals surface area contributed by atoms with Crippen molar-refractivity contribution in [2.45, 2.75) is 39.8 Å². The molecule has 5 rings (SSSR count). The van der Waals surface area contributed by atoms with Gasteiger partial charge in [0, 0.05) is 28.6 Å². The summed E-state index contributed by atoms with van der Waals surface area (Å²) in [5.74, 6) is 0.790. The zero-order valence-corrected chi connectivity index (χ0v) is 26.3. The Labute approximate surface area is 259 Å². The lowest BCUT2D eigenvalue weighted by molar-refractivity contribution is 0.306. The number of hydrogen-bond acceptors (Lipinski definition) is 8. The summed E-state index contributed by atoms with van der Waals surface area (Å²) in [6, 6.07) is 17.0. The molecule has 1 atom stereocenters. The number of ether oxygens (including phenoxy) is 1. The molecule has 43 heavy (non-hydrogen) atoms. The fraction of sp³-hybridized carbons (Fsp3) is 0.258. The molecule has 0 aliphatic rings. The molecule has 1 N–H and O–H groups in total. The number of nitrogens with zero attached hydrogens (tertiary/aromatic N) is 4. The Morgan fingerprint density at radius 1 is 1.07 bits per heavy atom. The second-order valence-corrected chi connectivity index (χ2v) is 13.2. The van der Waals surface area contributed by atoms with Crippen LogP contribution in [0, 0.1) is 5.82 Å². The first kappa shape index (κ1) is 30.8. The van der Waals surface area contributed by atoms with Crippen LogP contribution in [-0.2, 0) is 16.6 Å². The van der Waals surface area contributed by atoms with E-state index in [0.717, 1.165) is 27.2 Å². The first-order chi connectivity index (χ1) is 20.7. The van der Waals surface area contributed by atoms with Crippen molar-refractivity contribution in [2.24, 2.45) is 0 Å². The van der Waals surface area contributed by atoms with E-state index in [2.05, 4.69) is 15.3 Å². The van der Waals surface area contributed by atoms with Gasteiger partial charge in [-0.15, -0.1) is 11.3 Å². The molecule has 8 nitrogen and oxygen atoms in total. The number of fused-ring (bicyclic) bond motifs is 1. The van der Waals surface area contributed by atoms with Crippen LogP contribution in [0.15, 0.2) is 72.4 Å². The van der Waals surface area contributed by atoms with E-state index in [1.165, 1.54) is 34.1 Å². The number of aromatic nitrogens is 3. The maximum absolute atomic E-state index is 13.5. The van der Waals surface area contributed by atoms with Crippen molar-refractivity contribution in [3.8, 4) is 17.0 Å². The lowest BCUT2D eigenvalue weighted by atomic mass is 10.1. The fourth-order valence-electron chi connectivity index (χ4n) is 4.79. The van der Waals surface area contributed by atoms with Crippen LogP contribution in [0.4, 0.5) is 15.9 Å². The van der Waals surface area contributed by atoms with Crippen LogP contribution >= 0.6 is 22.9 Å². The smallest absolute Gasteiger partial charge is 0.214 e. The van der Waals surface area contributed by atoms with Gasteiger partial charge in [0.1, 0.15) is 35.3 Å². The summed E-state index contributed by atoms with van der Waals surface area (Å²) in [7, 11) is -3.37. The number of halogens is 2. The predicted octanol–water partition coefficient (Wildman–Crippen LogP) is 7.99. The van der Waals surface area contributed by atoms with Crippen LogP contribution in [0.5, 0.6) is 5.75 Å². The maximum atomic E-state index is 13.5. The second-order valence-electron chi connectivity index (χ2n) is 9.74. The Kier molecular flexibility index (Phi) is 9.55. The van der Waals surface area contributed by atoms with Gasteiger partial charge in [0.25, 0.3) is 0 Å². The summed E-state index contributed by atoms with van der Waals surface area (Å²) in [4.78, 5) is 13.7. The third-order valence-electron chi connectivity index (χ3n) is 6.98. The highest BCUT2D eigenvalue weighted by Gasteiger charge is 2.29. The first-order valence-corrected chi connectivity index (χ1v) is 16.7. The van der Waals surface area contributed by atoms with Crippen LogP contribution < -0.4 is 10.1 Å². The molecule has 2 heterocycles. The topological polar surface area (TPSA) is 97.3 Å². The zero-order chi connectivity index (χ0) is 30.6. The quantitative estimate of drug-likeness (QED) is 0.148. The SMILES string of the molecule is CCC(c1nc(-c2ccc3ncnc(Nc4ccc(OCc5cccc(F)c5)c(Cl)c4)c3c2)cs1)N(CC)S(=O)(=O)CC. The second kappa shape index (κ2) is 13.3. The normalized spacial score (nSPS) is 12.5. The zero-order valence-electron chi connectivity index (χ0n) is 23.9. The monoisotopic (exact) mass is 639 g/mol. The maximum Gasteiger partial charge on any atom is 0.214 e. The van der Waals surface area contributed by atoms with Crippen molar-refractivity contribution in [2.75, 3.05) is 17.6 Å². The van der Waals surface area contributed by atoms with E-state index in [1.54, 1.807) is 31.2 Å². The largest absolute Gasteiger partial charge is 0.487 e. The standard InChI is InChI=1S/C31H31ClFN5O3S2/c1-4-28(38(5-2)43(39,40)6-3)31-37-27(18-42-31)21-10-12-26-24(15-21)30(35-19-34-26)36-23-11-13-29(25(32)16-23)41-17-20-8-7-9-22(33)14-20/h7-16,18-19,28H,4-6,17H2,1-3H3,(H,34,35,36). The van der Waals surface area contributed by atoms with Gasteiger partial charge in [0.2, 0.25) is 10.0 Å². The third kappa shape index (κ3) is 6.96. The van der Waals surface area contributed by atoms with E-state index < -0.39 is 10.0 Å². The van der Waals surface area contributed by atoms with Gasteiger partial charge in [-0.1, -0.05) is 43.6 Å². The molecule has 2 aromatic heterocycles. The van der Waals surface area contributed by atoms with Gasteiger partial charge in [-0.05, 0) is 61.4 Å². The summed E-state index contributed by atoms with van der Waals surface area (Å²) in [6.07, 6.45) is 2.11. The van der Waals surface area contributed by atoms with E-state index in [9.17, 15) is 12.8 Å². The van der Waals surface area contributed by atoms with Gasteiger partial charge in [0.05, 0.1) is 28.0 Å². The molecule has 1 unspecified atom stereocenters. The molecule has 0 saturated carbocycles. The average molecular weight is 640 g/mol. The highest BCUT2D eigenvalue weighted by molar-refractivity contribution is 7.89. The van der Waals surface area contributed by atoms with E-state index in [4.69, 9.17) is 21.3 Å². The van der Waals surface area contributed by atoms with E-state index in [1.807, 2.05) is 43.5 Å².